The summed E-state index contributed by atoms with van der Waals surface area (Å²) in [5.74, 6) is 0.888. The molecule has 0 aliphatic carbocycles. The first kappa shape index (κ1) is 10.4. The lowest BCUT2D eigenvalue weighted by Crippen LogP contribution is -1.93. The van der Waals surface area contributed by atoms with Crippen LogP contribution in [0.1, 0.15) is 12.5 Å². The molecule has 0 radical (unpaired) electrons. The van der Waals surface area contributed by atoms with E-state index >= 15 is 0 Å². The summed E-state index contributed by atoms with van der Waals surface area (Å²) in [6.07, 6.45) is 0. The van der Waals surface area contributed by atoms with Crippen LogP contribution in [0.5, 0.6) is 5.75 Å². The molecule has 0 aliphatic rings. The van der Waals surface area contributed by atoms with Gasteiger partial charge in [0.05, 0.1) is 12.6 Å². The summed E-state index contributed by atoms with van der Waals surface area (Å²) >= 11 is 6.27. The van der Waals surface area contributed by atoms with Crippen molar-refractivity contribution >= 4 is 22.5 Å². The maximum Gasteiger partial charge on any atom is 0.128 e. The Labute approximate surface area is 94.4 Å². The van der Waals surface area contributed by atoms with Crippen LogP contribution in [-0.2, 0) is 6.54 Å². The van der Waals surface area contributed by atoms with Crippen LogP contribution in [0.25, 0.3) is 10.9 Å². The highest BCUT2D eigenvalue weighted by molar-refractivity contribution is 6.32. The van der Waals surface area contributed by atoms with Crippen molar-refractivity contribution in [3.8, 4) is 5.75 Å². The zero-order valence-electron chi connectivity index (χ0n) is 9.17. The van der Waals surface area contributed by atoms with Gasteiger partial charge in [-0.15, -0.1) is 0 Å². The van der Waals surface area contributed by atoms with Crippen molar-refractivity contribution in [2.45, 2.75) is 20.4 Å². The third-order valence-electron chi connectivity index (χ3n) is 2.75. The smallest absolute Gasteiger partial charge is 0.128 e. The number of fused-ring (bicyclic) bond motifs is 1. The van der Waals surface area contributed by atoms with Gasteiger partial charge in [-0.05, 0) is 31.5 Å². The van der Waals surface area contributed by atoms with Crippen LogP contribution < -0.4 is 4.74 Å². The third-order valence-corrected chi connectivity index (χ3v) is 3.24. The number of nitrogens with zero attached hydrogens (tertiary/aromatic N) is 1. The molecule has 80 valence electrons. The first-order valence-electron chi connectivity index (χ1n) is 5.02. The van der Waals surface area contributed by atoms with Crippen LogP contribution in [0.2, 0.25) is 5.15 Å². The van der Waals surface area contributed by atoms with Crippen molar-refractivity contribution in [2.24, 2.45) is 0 Å². The van der Waals surface area contributed by atoms with Gasteiger partial charge in [0.15, 0.2) is 0 Å². The molecule has 2 rings (SSSR count). The lowest BCUT2D eigenvalue weighted by molar-refractivity contribution is 0.419. The summed E-state index contributed by atoms with van der Waals surface area (Å²) in [6.45, 7) is 4.99. The van der Waals surface area contributed by atoms with Crippen molar-refractivity contribution in [3.05, 3.63) is 28.9 Å². The molecule has 0 unspecified atom stereocenters. The molecule has 2 aromatic rings. The Morgan fingerprint density at radius 1 is 1.40 bits per heavy atom. The standard InChI is InChI=1S/C12H14ClNO/c1-4-14-9-6-5-7-10(15-3)11(9)8(2)12(14)13/h5-7H,4H2,1-3H3. The predicted octanol–water partition coefficient (Wildman–Crippen LogP) is 3.63. The quantitative estimate of drug-likeness (QED) is 0.759. The van der Waals surface area contributed by atoms with Gasteiger partial charge in [0.25, 0.3) is 0 Å². The average Bonchev–Trinajstić information content (AvgIpc) is 2.51. The zero-order chi connectivity index (χ0) is 11.0. The van der Waals surface area contributed by atoms with E-state index in [1.165, 1.54) is 0 Å². The topological polar surface area (TPSA) is 14.2 Å². The summed E-state index contributed by atoms with van der Waals surface area (Å²) in [5.41, 5.74) is 2.23. The first-order valence-corrected chi connectivity index (χ1v) is 5.39. The van der Waals surface area contributed by atoms with Crippen molar-refractivity contribution in [1.29, 1.82) is 0 Å². The van der Waals surface area contributed by atoms with E-state index in [9.17, 15) is 0 Å². The molecule has 3 heteroatoms. The van der Waals surface area contributed by atoms with E-state index in [2.05, 4.69) is 17.6 Å². The first-order chi connectivity index (χ1) is 7.20. The minimum absolute atomic E-state index is 0.803. The molecule has 15 heavy (non-hydrogen) atoms. The Morgan fingerprint density at radius 2 is 2.13 bits per heavy atom. The van der Waals surface area contributed by atoms with Crippen LogP contribution >= 0.6 is 11.6 Å². The highest BCUT2D eigenvalue weighted by Gasteiger charge is 2.14. The Balaban J connectivity index is 2.89. The van der Waals surface area contributed by atoms with Gasteiger partial charge in [0.1, 0.15) is 10.9 Å². The number of hydrogen-bond acceptors (Lipinski definition) is 1. The molecule has 0 spiro atoms. The molecular formula is C12H14ClNO. The Bertz CT molecular complexity index is 502. The van der Waals surface area contributed by atoms with Crippen LogP contribution in [0, 0.1) is 6.92 Å². The highest BCUT2D eigenvalue weighted by Crippen LogP contribution is 2.35. The second kappa shape index (κ2) is 3.78. The monoisotopic (exact) mass is 223 g/mol. The number of halogens is 1. The van der Waals surface area contributed by atoms with Crippen LogP contribution in [0.3, 0.4) is 0 Å². The number of hydrogen-bond donors (Lipinski definition) is 0. The summed E-state index contributed by atoms with van der Waals surface area (Å²) in [7, 11) is 1.69. The van der Waals surface area contributed by atoms with Crippen LogP contribution in [-0.4, -0.2) is 11.7 Å². The minimum Gasteiger partial charge on any atom is -0.496 e. The molecule has 2 nitrogen and oxygen atoms in total. The Hall–Kier alpha value is -1.15. The van der Waals surface area contributed by atoms with E-state index in [-0.39, 0.29) is 0 Å². The summed E-state index contributed by atoms with van der Waals surface area (Å²) in [6, 6.07) is 6.02. The molecule has 0 N–H and O–H groups in total. The minimum atomic E-state index is 0.803. The summed E-state index contributed by atoms with van der Waals surface area (Å²) in [5, 5.41) is 1.92. The molecule has 1 aromatic heterocycles. The lowest BCUT2D eigenvalue weighted by Gasteiger charge is -2.04. The number of rotatable bonds is 2. The van der Waals surface area contributed by atoms with E-state index in [0.717, 1.165) is 33.9 Å². The van der Waals surface area contributed by atoms with Gasteiger partial charge in [-0.3, -0.25) is 0 Å². The second-order valence-corrected chi connectivity index (χ2v) is 3.87. The molecule has 0 saturated carbocycles. The van der Waals surface area contributed by atoms with E-state index in [1.54, 1.807) is 7.11 Å². The molecule has 0 aliphatic heterocycles. The van der Waals surface area contributed by atoms with Gasteiger partial charge in [-0.1, -0.05) is 17.7 Å². The molecule has 0 fully saturated rings. The fraction of sp³-hybridized carbons (Fsp3) is 0.333. The van der Waals surface area contributed by atoms with Gasteiger partial charge in [-0.25, -0.2) is 0 Å². The maximum absolute atomic E-state index is 6.27. The summed E-state index contributed by atoms with van der Waals surface area (Å²) < 4.78 is 7.44. The van der Waals surface area contributed by atoms with Crippen molar-refractivity contribution in [2.75, 3.05) is 7.11 Å². The number of ether oxygens (including phenoxy) is 1. The van der Waals surface area contributed by atoms with E-state index in [0.29, 0.717) is 0 Å². The SMILES string of the molecule is CCn1c(Cl)c(C)c2c(OC)cccc21. The Morgan fingerprint density at radius 3 is 2.73 bits per heavy atom. The van der Waals surface area contributed by atoms with Gasteiger partial charge < -0.3 is 9.30 Å². The Kier molecular flexibility index (Phi) is 2.61. The van der Waals surface area contributed by atoms with E-state index in [4.69, 9.17) is 16.3 Å². The highest BCUT2D eigenvalue weighted by atomic mass is 35.5. The molecule has 1 heterocycles. The number of aromatic nitrogens is 1. The van der Waals surface area contributed by atoms with Gasteiger partial charge in [-0.2, -0.15) is 0 Å². The molecule has 0 atom stereocenters. The lowest BCUT2D eigenvalue weighted by atomic mass is 10.2. The molecule has 0 bridgehead atoms. The average molecular weight is 224 g/mol. The molecule has 0 amide bonds. The van der Waals surface area contributed by atoms with Crippen molar-refractivity contribution < 1.29 is 4.74 Å². The largest absolute Gasteiger partial charge is 0.496 e. The zero-order valence-corrected chi connectivity index (χ0v) is 9.93. The predicted molar refractivity (Wildman–Crippen MR) is 63.9 cm³/mol. The number of benzene rings is 1. The normalized spacial score (nSPS) is 10.9. The van der Waals surface area contributed by atoms with E-state index < -0.39 is 0 Å². The third kappa shape index (κ3) is 1.40. The fourth-order valence-corrected chi connectivity index (χ4v) is 2.32. The van der Waals surface area contributed by atoms with Gasteiger partial charge >= 0.3 is 0 Å². The number of methoxy groups -OCH3 is 1. The fourth-order valence-electron chi connectivity index (χ4n) is 2.01. The number of aryl methyl sites for hydroxylation is 2. The van der Waals surface area contributed by atoms with Crippen LogP contribution in [0.4, 0.5) is 0 Å². The maximum atomic E-state index is 6.27. The van der Waals surface area contributed by atoms with Crippen molar-refractivity contribution in [1.82, 2.24) is 4.57 Å². The second-order valence-electron chi connectivity index (χ2n) is 3.51. The van der Waals surface area contributed by atoms with Gasteiger partial charge in [0, 0.05) is 11.9 Å². The van der Waals surface area contributed by atoms with Gasteiger partial charge in [0.2, 0.25) is 0 Å². The van der Waals surface area contributed by atoms with Crippen molar-refractivity contribution in [3.63, 3.8) is 0 Å². The molecule has 0 saturated heterocycles. The van der Waals surface area contributed by atoms with Crippen LogP contribution in [0.15, 0.2) is 18.2 Å². The molecule has 1 aromatic carbocycles. The van der Waals surface area contributed by atoms with E-state index in [1.807, 2.05) is 19.1 Å². The summed E-state index contributed by atoms with van der Waals surface area (Å²) in [4.78, 5) is 0. The molecular weight excluding hydrogens is 210 g/mol.